The van der Waals surface area contributed by atoms with E-state index in [4.69, 9.17) is 0 Å². The fourth-order valence-electron chi connectivity index (χ4n) is 2.94. The van der Waals surface area contributed by atoms with Gasteiger partial charge < -0.3 is 5.11 Å². The second-order valence-corrected chi connectivity index (χ2v) is 6.39. The van der Waals surface area contributed by atoms with Gasteiger partial charge in [-0.3, -0.25) is 9.78 Å². The Kier molecular flexibility index (Phi) is 3.95. The van der Waals surface area contributed by atoms with Crippen LogP contribution in [0, 0.1) is 5.82 Å². The number of nitrogens with zero attached hydrogens (tertiary/aromatic N) is 5. The number of halogens is 1. The van der Waals surface area contributed by atoms with Crippen molar-refractivity contribution in [3.05, 3.63) is 65.1 Å². The second-order valence-electron chi connectivity index (χ2n) is 6.39. The molecule has 0 unspecified atom stereocenters. The Bertz CT molecular complexity index is 1210. The molecule has 0 spiro atoms. The number of rotatable bonds is 3. The van der Waals surface area contributed by atoms with Gasteiger partial charge in [-0.05, 0) is 38.1 Å². The summed E-state index contributed by atoms with van der Waals surface area (Å²) in [4.78, 5) is 16.2. The average Bonchev–Trinajstić information content (AvgIpc) is 3.04. The van der Waals surface area contributed by atoms with Gasteiger partial charge in [0.2, 0.25) is 0 Å². The van der Waals surface area contributed by atoms with Gasteiger partial charge in [-0.2, -0.15) is 10.2 Å². The van der Waals surface area contributed by atoms with Crippen LogP contribution in [-0.4, -0.2) is 29.5 Å². The summed E-state index contributed by atoms with van der Waals surface area (Å²) in [5, 5.41) is 18.5. The van der Waals surface area contributed by atoms with Crippen molar-refractivity contribution in [2.75, 3.05) is 0 Å². The lowest BCUT2D eigenvalue weighted by atomic mass is 10.0. The van der Waals surface area contributed by atoms with Crippen LogP contribution < -0.4 is 5.56 Å². The van der Waals surface area contributed by atoms with Crippen LogP contribution in [-0.2, 0) is 0 Å². The zero-order valence-electron chi connectivity index (χ0n) is 14.7. The number of phenols is 1. The summed E-state index contributed by atoms with van der Waals surface area (Å²) in [5.74, 6) is -1.18. The van der Waals surface area contributed by atoms with Crippen LogP contribution in [0.15, 0.2) is 53.7 Å². The van der Waals surface area contributed by atoms with Crippen molar-refractivity contribution in [1.82, 2.24) is 24.4 Å². The van der Waals surface area contributed by atoms with Crippen LogP contribution in [0.1, 0.15) is 19.9 Å². The standard InChI is InChI=1S/C19H16FN5O2/c1-11(2)25-17(27)6-4-14(22-25)18-15-10-21-7-8-24(15)23-19(18)12-3-5-16(26)13(20)9-12/h3-11,26H,1-2H3. The van der Waals surface area contributed by atoms with Crippen molar-refractivity contribution < 1.29 is 9.50 Å². The molecular weight excluding hydrogens is 349 g/mol. The normalized spacial score (nSPS) is 11.4. The summed E-state index contributed by atoms with van der Waals surface area (Å²) in [5.41, 5.74) is 2.57. The Morgan fingerprint density at radius 2 is 1.96 bits per heavy atom. The molecule has 3 heterocycles. The van der Waals surface area contributed by atoms with Gasteiger partial charge in [0.1, 0.15) is 5.69 Å². The summed E-state index contributed by atoms with van der Waals surface area (Å²) < 4.78 is 16.9. The van der Waals surface area contributed by atoms with Crippen LogP contribution in [0.3, 0.4) is 0 Å². The zero-order valence-corrected chi connectivity index (χ0v) is 14.7. The van der Waals surface area contributed by atoms with E-state index in [2.05, 4.69) is 15.2 Å². The number of fused-ring (bicyclic) bond motifs is 1. The molecule has 4 aromatic rings. The number of hydrogen-bond donors (Lipinski definition) is 1. The van der Waals surface area contributed by atoms with E-state index in [-0.39, 0.29) is 11.6 Å². The first-order valence-corrected chi connectivity index (χ1v) is 8.37. The number of hydrogen-bond acceptors (Lipinski definition) is 5. The van der Waals surface area contributed by atoms with Crippen LogP contribution in [0.4, 0.5) is 4.39 Å². The maximum absolute atomic E-state index is 13.9. The van der Waals surface area contributed by atoms with Crippen molar-refractivity contribution in [2.24, 2.45) is 0 Å². The molecule has 0 fully saturated rings. The molecule has 0 saturated heterocycles. The van der Waals surface area contributed by atoms with E-state index in [9.17, 15) is 14.3 Å². The molecule has 0 saturated carbocycles. The topological polar surface area (TPSA) is 85.3 Å². The average molecular weight is 365 g/mol. The predicted molar refractivity (Wildman–Crippen MR) is 97.9 cm³/mol. The van der Waals surface area contributed by atoms with E-state index in [1.54, 1.807) is 35.2 Å². The molecule has 0 atom stereocenters. The molecule has 8 heteroatoms. The fraction of sp³-hybridized carbons (Fsp3) is 0.158. The van der Waals surface area contributed by atoms with E-state index in [1.807, 2.05) is 13.8 Å². The molecule has 0 aliphatic carbocycles. The minimum Gasteiger partial charge on any atom is -0.505 e. The lowest BCUT2D eigenvalue weighted by molar-refractivity contribution is 0.432. The van der Waals surface area contributed by atoms with Crippen molar-refractivity contribution in [1.29, 1.82) is 0 Å². The lowest BCUT2D eigenvalue weighted by Gasteiger charge is -2.10. The lowest BCUT2D eigenvalue weighted by Crippen LogP contribution is -2.23. The molecule has 4 rings (SSSR count). The highest BCUT2D eigenvalue weighted by molar-refractivity contribution is 5.90. The molecular formula is C19H16FN5O2. The molecule has 3 aromatic heterocycles. The maximum atomic E-state index is 13.9. The van der Waals surface area contributed by atoms with Crippen molar-refractivity contribution >= 4 is 5.52 Å². The van der Waals surface area contributed by atoms with Crippen molar-refractivity contribution in [2.45, 2.75) is 19.9 Å². The fourth-order valence-corrected chi connectivity index (χ4v) is 2.94. The largest absolute Gasteiger partial charge is 0.505 e. The Morgan fingerprint density at radius 3 is 2.70 bits per heavy atom. The van der Waals surface area contributed by atoms with Gasteiger partial charge in [0.15, 0.2) is 11.6 Å². The molecule has 0 aliphatic rings. The summed E-state index contributed by atoms with van der Waals surface area (Å²) >= 11 is 0. The SMILES string of the molecule is CC(C)n1nc(-c2c(-c3ccc(O)c(F)c3)nn3ccncc23)ccc1=O. The Morgan fingerprint density at radius 1 is 1.15 bits per heavy atom. The Labute approximate surface area is 153 Å². The predicted octanol–water partition coefficient (Wildman–Crippen LogP) is 3.05. The molecule has 1 aromatic carbocycles. The third kappa shape index (κ3) is 2.84. The van der Waals surface area contributed by atoms with Gasteiger partial charge in [-0.15, -0.1) is 0 Å². The van der Waals surface area contributed by atoms with Crippen LogP contribution in [0.2, 0.25) is 0 Å². The minimum atomic E-state index is -0.742. The van der Waals surface area contributed by atoms with Crippen LogP contribution in [0.5, 0.6) is 5.75 Å². The highest BCUT2D eigenvalue weighted by Crippen LogP contribution is 2.34. The Balaban J connectivity index is 2.03. The molecule has 0 aliphatic heterocycles. The molecule has 0 bridgehead atoms. The monoisotopic (exact) mass is 365 g/mol. The van der Waals surface area contributed by atoms with Gasteiger partial charge in [-0.25, -0.2) is 13.6 Å². The van der Waals surface area contributed by atoms with Crippen LogP contribution in [0.25, 0.3) is 28.0 Å². The first kappa shape index (κ1) is 16.9. The first-order valence-electron chi connectivity index (χ1n) is 8.37. The van der Waals surface area contributed by atoms with Gasteiger partial charge >= 0.3 is 0 Å². The summed E-state index contributed by atoms with van der Waals surface area (Å²) in [6.45, 7) is 3.73. The van der Waals surface area contributed by atoms with Gasteiger partial charge in [0.05, 0.1) is 29.0 Å². The van der Waals surface area contributed by atoms with Gasteiger partial charge in [-0.1, -0.05) is 0 Å². The van der Waals surface area contributed by atoms with E-state index < -0.39 is 11.6 Å². The van der Waals surface area contributed by atoms with Crippen LogP contribution >= 0.6 is 0 Å². The van der Waals surface area contributed by atoms with Gasteiger partial charge in [0.25, 0.3) is 5.56 Å². The summed E-state index contributed by atoms with van der Waals surface area (Å²) in [6, 6.07) is 7.02. The third-order valence-electron chi connectivity index (χ3n) is 4.23. The highest BCUT2D eigenvalue weighted by atomic mass is 19.1. The van der Waals surface area contributed by atoms with E-state index in [0.717, 1.165) is 0 Å². The number of aromatic nitrogens is 5. The number of benzene rings is 1. The van der Waals surface area contributed by atoms with Gasteiger partial charge in [0, 0.05) is 24.0 Å². The Hall–Kier alpha value is -3.55. The zero-order chi connectivity index (χ0) is 19.1. The number of phenolic OH excluding ortho intramolecular Hbond substituents is 1. The third-order valence-corrected chi connectivity index (χ3v) is 4.23. The van der Waals surface area contributed by atoms with E-state index >= 15 is 0 Å². The number of aromatic hydroxyl groups is 1. The van der Waals surface area contributed by atoms with Crippen molar-refractivity contribution in [3.63, 3.8) is 0 Å². The summed E-state index contributed by atoms with van der Waals surface area (Å²) in [6.07, 6.45) is 4.90. The first-order chi connectivity index (χ1) is 13.0. The molecule has 0 radical (unpaired) electrons. The van der Waals surface area contributed by atoms with E-state index in [0.29, 0.717) is 28.0 Å². The molecule has 0 amide bonds. The van der Waals surface area contributed by atoms with E-state index in [1.165, 1.54) is 22.9 Å². The maximum Gasteiger partial charge on any atom is 0.267 e. The second kappa shape index (κ2) is 6.31. The quantitative estimate of drug-likeness (QED) is 0.603. The molecule has 1 N–H and O–H groups in total. The molecule has 7 nitrogen and oxygen atoms in total. The smallest absolute Gasteiger partial charge is 0.267 e. The minimum absolute atomic E-state index is 0.119. The van der Waals surface area contributed by atoms with Crippen molar-refractivity contribution in [3.8, 4) is 28.3 Å². The highest BCUT2D eigenvalue weighted by Gasteiger charge is 2.20. The molecule has 27 heavy (non-hydrogen) atoms. The molecule has 136 valence electrons. The summed E-state index contributed by atoms with van der Waals surface area (Å²) in [7, 11) is 0.